The Morgan fingerprint density at radius 2 is 2.00 bits per heavy atom. The van der Waals surface area contributed by atoms with E-state index in [2.05, 4.69) is 26.3 Å². The summed E-state index contributed by atoms with van der Waals surface area (Å²) in [5.74, 6) is -0.748. The number of carbonyl (C=O) groups is 1. The summed E-state index contributed by atoms with van der Waals surface area (Å²) in [6.45, 7) is 0.721. The Kier molecular flexibility index (Phi) is 5.81. The van der Waals surface area contributed by atoms with Gasteiger partial charge in [0, 0.05) is 29.2 Å². The molecule has 3 N–H and O–H groups in total. The first kappa shape index (κ1) is 21.8. The summed E-state index contributed by atoms with van der Waals surface area (Å²) in [5, 5.41) is 13.4. The molecular formula is C26H23FN4O3. The van der Waals surface area contributed by atoms with Gasteiger partial charge in [0.1, 0.15) is 23.5 Å². The molecule has 3 heterocycles. The highest BCUT2D eigenvalue weighted by Crippen LogP contribution is 2.35. The lowest BCUT2D eigenvalue weighted by Crippen LogP contribution is -2.34. The predicted molar refractivity (Wildman–Crippen MR) is 127 cm³/mol. The molecule has 7 nitrogen and oxygen atoms in total. The second-order valence-electron chi connectivity index (χ2n) is 8.26. The lowest BCUT2D eigenvalue weighted by Gasteiger charge is -2.24. The van der Waals surface area contributed by atoms with Crippen molar-refractivity contribution < 1.29 is 19.0 Å². The number of aromatic carboxylic acids is 1. The van der Waals surface area contributed by atoms with E-state index < -0.39 is 5.97 Å². The van der Waals surface area contributed by atoms with Gasteiger partial charge in [0.15, 0.2) is 0 Å². The van der Waals surface area contributed by atoms with Gasteiger partial charge in [-0.3, -0.25) is 0 Å². The van der Waals surface area contributed by atoms with Crippen molar-refractivity contribution in [3.8, 4) is 17.0 Å². The number of aromatic amines is 1. The molecule has 0 fully saturated rings. The van der Waals surface area contributed by atoms with Crippen LogP contribution >= 0.6 is 0 Å². The van der Waals surface area contributed by atoms with Crippen LogP contribution in [0.1, 0.15) is 28.0 Å². The van der Waals surface area contributed by atoms with Crippen molar-refractivity contribution in [2.24, 2.45) is 0 Å². The molecule has 4 aromatic rings. The summed E-state index contributed by atoms with van der Waals surface area (Å²) >= 11 is 0. The van der Waals surface area contributed by atoms with Gasteiger partial charge in [0.2, 0.25) is 0 Å². The number of carboxylic acids is 1. The number of hydrogen-bond acceptors (Lipinski definition) is 5. The van der Waals surface area contributed by atoms with Gasteiger partial charge < -0.3 is 20.1 Å². The first-order chi connectivity index (χ1) is 16.5. The second kappa shape index (κ2) is 9.07. The number of H-pyrrole nitrogens is 1. The van der Waals surface area contributed by atoms with E-state index >= 15 is 0 Å². The number of ether oxygens (including phenoxy) is 1. The van der Waals surface area contributed by atoms with E-state index in [9.17, 15) is 9.18 Å². The average Bonchev–Trinajstić information content (AvgIpc) is 3.29. The second-order valence-corrected chi connectivity index (χ2v) is 8.26. The lowest BCUT2D eigenvalue weighted by atomic mass is 9.94. The molecule has 1 atom stereocenters. The fourth-order valence-electron chi connectivity index (χ4n) is 4.39. The highest BCUT2D eigenvalue weighted by atomic mass is 19.1. The van der Waals surface area contributed by atoms with E-state index in [0.29, 0.717) is 22.7 Å². The smallest absolute Gasteiger partial charge is 0.335 e. The van der Waals surface area contributed by atoms with Crippen LogP contribution in [0.15, 0.2) is 60.9 Å². The monoisotopic (exact) mass is 458 g/mol. The van der Waals surface area contributed by atoms with Crippen LogP contribution in [0.2, 0.25) is 0 Å². The molecule has 0 spiro atoms. The number of fused-ring (bicyclic) bond motifs is 1. The number of carboxylic acid groups (broad SMARTS) is 1. The zero-order valence-electron chi connectivity index (χ0n) is 18.5. The minimum Gasteiger partial charge on any atom is -0.496 e. The molecule has 0 bridgehead atoms. The Morgan fingerprint density at radius 1 is 1.18 bits per heavy atom. The SMILES string of the molecule is COc1ccc(F)cc1-c1ncnc2[nH]c(C3=CCNC(Cc4ccc(C(=O)O)cc4)C3)cc12. The molecule has 1 aliphatic heterocycles. The van der Waals surface area contributed by atoms with E-state index in [1.54, 1.807) is 25.3 Å². The van der Waals surface area contributed by atoms with Crippen LogP contribution in [0.5, 0.6) is 5.75 Å². The van der Waals surface area contributed by atoms with Gasteiger partial charge in [-0.05, 0) is 60.4 Å². The third kappa shape index (κ3) is 4.27. The molecule has 0 saturated heterocycles. The number of hydrogen-bond donors (Lipinski definition) is 3. The molecule has 8 heteroatoms. The van der Waals surface area contributed by atoms with Crippen LogP contribution in [0, 0.1) is 5.82 Å². The summed E-state index contributed by atoms with van der Waals surface area (Å²) in [5.41, 5.74) is 5.31. The third-order valence-electron chi connectivity index (χ3n) is 6.09. The molecule has 0 amide bonds. The zero-order chi connectivity index (χ0) is 23.7. The summed E-state index contributed by atoms with van der Waals surface area (Å²) in [4.78, 5) is 23.3. The topological polar surface area (TPSA) is 100 Å². The average molecular weight is 458 g/mol. The summed E-state index contributed by atoms with van der Waals surface area (Å²) < 4.78 is 19.4. The minimum absolute atomic E-state index is 0.205. The molecule has 34 heavy (non-hydrogen) atoms. The molecular weight excluding hydrogens is 435 g/mol. The number of nitrogens with zero attached hydrogens (tertiary/aromatic N) is 2. The fraction of sp³-hybridized carbons (Fsp3) is 0.192. The minimum atomic E-state index is -0.926. The van der Waals surface area contributed by atoms with E-state index in [1.165, 1.54) is 18.5 Å². The number of aromatic nitrogens is 3. The van der Waals surface area contributed by atoms with E-state index in [0.717, 1.165) is 41.6 Å². The molecule has 1 aliphatic rings. The lowest BCUT2D eigenvalue weighted by molar-refractivity contribution is 0.0697. The summed E-state index contributed by atoms with van der Waals surface area (Å²) in [6.07, 6.45) is 5.18. The Hall–Kier alpha value is -4.04. The van der Waals surface area contributed by atoms with Crippen molar-refractivity contribution in [1.29, 1.82) is 0 Å². The maximum Gasteiger partial charge on any atom is 0.335 e. The maximum absolute atomic E-state index is 14.0. The maximum atomic E-state index is 14.0. The van der Waals surface area contributed by atoms with Gasteiger partial charge in [-0.1, -0.05) is 18.2 Å². The molecule has 1 unspecified atom stereocenters. The van der Waals surface area contributed by atoms with Crippen molar-refractivity contribution in [1.82, 2.24) is 20.3 Å². The highest BCUT2D eigenvalue weighted by molar-refractivity contribution is 5.94. The van der Waals surface area contributed by atoms with Gasteiger partial charge in [-0.2, -0.15) is 0 Å². The van der Waals surface area contributed by atoms with Crippen LogP contribution in [0.4, 0.5) is 4.39 Å². The Morgan fingerprint density at radius 3 is 2.76 bits per heavy atom. The van der Waals surface area contributed by atoms with E-state index in [4.69, 9.17) is 9.84 Å². The number of nitrogens with one attached hydrogen (secondary N) is 2. The normalized spacial score (nSPS) is 15.8. The Labute approximate surface area is 195 Å². The van der Waals surface area contributed by atoms with Crippen LogP contribution in [-0.2, 0) is 6.42 Å². The molecule has 0 saturated carbocycles. The Bertz CT molecular complexity index is 1400. The first-order valence-corrected chi connectivity index (χ1v) is 10.9. The molecule has 0 radical (unpaired) electrons. The van der Waals surface area contributed by atoms with Crippen LogP contribution in [0.3, 0.4) is 0 Å². The van der Waals surface area contributed by atoms with Gasteiger partial charge >= 0.3 is 5.97 Å². The Balaban J connectivity index is 1.41. The zero-order valence-corrected chi connectivity index (χ0v) is 18.5. The van der Waals surface area contributed by atoms with Gasteiger partial charge in [-0.15, -0.1) is 0 Å². The number of benzene rings is 2. The molecule has 2 aromatic carbocycles. The van der Waals surface area contributed by atoms with Gasteiger partial charge in [0.25, 0.3) is 0 Å². The van der Waals surface area contributed by atoms with Gasteiger partial charge in [0.05, 0.1) is 18.4 Å². The summed E-state index contributed by atoms with van der Waals surface area (Å²) in [6, 6.07) is 13.6. The fourth-order valence-corrected chi connectivity index (χ4v) is 4.39. The first-order valence-electron chi connectivity index (χ1n) is 10.9. The number of rotatable bonds is 6. The van der Waals surface area contributed by atoms with Crippen LogP contribution in [-0.4, -0.2) is 45.7 Å². The standard InChI is InChI=1S/C26H23FN4O3/c1-34-23-7-6-18(27)12-20(23)24-21-13-22(31-25(21)30-14-29-24)17-8-9-28-19(11-17)10-15-2-4-16(5-3-15)26(32)33/h2-8,12-14,19,28H,9-11H2,1H3,(H,32,33)(H,29,30,31). The quantitative estimate of drug-likeness (QED) is 0.395. The predicted octanol–water partition coefficient (Wildman–Crippen LogP) is 4.46. The van der Waals surface area contributed by atoms with E-state index in [-0.39, 0.29) is 17.4 Å². The number of halogens is 1. The van der Waals surface area contributed by atoms with E-state index in [1.807, 2.05) is 18.2 Å². The van der Waals surface area contributed by atoms with Gasteiger partial charge in [-0.25, -0.2) is 19.2 Å². The molecule has 5 rings (SSSR count). The molecule has 172 valence electrons. The van der Waals surface area contributed by atoms with Crippen LogP contribution in [0.25, 0.3) is 27.9 Å². The largest absolute Gasteiger partial charge is 0.496 e. The van der Waals surface area contributed by atoms with Crippen molar-refractivity contribution in [3.05, 3.63) is 83.6 Å². The van der Waals surface area contributed by atoms with Crippen molar-refractivity contribution in [2.75, 3.05) is 13.7 Å². The highest BCUT2D eigenvalue weighted by Gasteiger charge is 2.20. The molecule has 0 aliphatic carbocycles. The van der Waals surface area contributed by atoms with Crippen molar-refractivity contribution >= 4 is 22.6 Å². The van der Waals surface area contributed by atoms with Crippen LogP contribution < -0.4 is 10.1 Å². The van der Waals surface area contributed by atoms with Crippen molar-refractivity contribution in [2.45, 2.75) is 18.9 Å². The summed E-state index contributed by atoms with van der Waals surface area (Å²) in [7, 11) is 1.55. The third-order valence-corrected chi connectivity index (χ3v) is 6.09. The number of methoxy groups -OCH3 is 1. The van der Waals surface area contributed by atoms with Crippen molar-refractivity contribution in [3.63, 3.8) is 0 Å². The molecule has 2 aromatic heterocycles.